The number of amides is 2. The van der Waals surface area contributed by atoms with Crippen molar-refractivity contribution < 1.29 is 27.5 Å². The minimum absolute atomic E-state index is 0.0121. The van der Waals surface area contributed by atoms with Crippen LogP contribution in [0.5, 0.6) is 0 Å². The van der Waals surface area contributed by atoms with Crippen LogP contribution in [0.15, 0.2) is 24.3 Å². The van der Waals surface area contributed by atoms with Gasteiger partial charge in [0.25, 0.3) is 0 Å². The summed E-state index contributed by atoms with van der Waals surface area (Å²) in [4.78, 5) is 29.0. The van der Waals surface area contributed by atoms with Crippen molar-refractivity contribution >= 4 is 11.8 Å². The number of piperidine rings is 1. The van der Waals surface area contributed by atoms with Gasteiger partial charge in [-0.15, -0.1) is 0 Å². The predicted molar refractivity (Wildman–Crippen MR) is 101 cm³/mol. The zero-order valence-corrected chi connectivity index (χ0v) is 16.6. The van der Waals surface area contributed by atoms with Gasteiger partial charge >= 0.3 is 6.18 Å². The van der Waals surface area contributed by atoms with Gasteiger partial charge in [0.1, 0.15) is 12.1 Å². The highest BCUT2D eigenvalue weighted by atomic mass is 19.4. The Morgan fingerprint density at radius 1 is 1.14 bits per heavy atom. The topological polar surface area (TPSA) is 49.9 Å². The first kappa shape index (κ1) is 21.6. The van der Waals surface area contributed by atoms with Crippen molar-refractivity contribution in [2.45, 2.75) is 57.3 Å². The number of alkyl halides is 3. The fourth-order valence-electron chi connectivity index (χ4n) is 3.99. The molecular formula is C21H27F3N2O3. The molecule has 3 rings (SSSR count). The van der Waals surface area contributed by atoms with Crippen LogP contribution in [0, 0.1) is 0 Å². The Morgan fingerprint density at radius 2 is 1.86 bits per heavy atom. The molecule has 2 amide bonds. The van der Waals surface area contributed by atoms with Crippen molar-refractivity contribution in [2.75, 3.05) is 26.2 Å². The van der Waals surface area contributed by atoms with Crippen LogP contribution in [0.1, 0.15) is 56.3 Å². The molecule has 1 aromatic carbocycles. The second kappa shape index (κ2) is 9.15. The standard InChI is InChI=1S/C21H27F3N2O3/c1-2-5-19(27)26-11-4-3-6-17(26)20(28)25-12-13-29-18(14-25)15-7-9-16(10-8-15)21(22,23)24/h7-10,17-18H,2-6,11-14H2,1H3/t17-,18+/m1/s1. The van der Waals surface area contributed by atoms with Crippen molar-refractivity contribution in [3.05, 3.63) is 35.4 Å². The predicted octanol–water partition coefficient (Wildman–Crippen LogP) is 3.79. The minimum atomic E-state index is -4.39. The molecule has 0 aromatic heterocycles. The number of hydrogen-bond acceptors (Lipinski definition) is 3. The van der Waals surface area contributed by atoms with Crippen LogP contribution in [-0.2, 0) is 20.5 Å². The first-order valence-electron chi connectivity index (χ1n) is 10.2. The van der Waals surface area contributed by atoms with Gasteiger partial charge in [-0.05, 0) is 43.4 Å². The van der Waals surface area contributed by atoms with E-state index in [0.717, 1.165) is 31.4 Å². The minimum Gasteiger partial charge on any atom is -0.370 e. The third kappa shape index (κ3) is 5.10. The van der Waals surface area contributed by atoms with E-state index in [4.69, 9.17) is 4.74 Å². The van der Waals surface area contributed by atoms with E-state index >= 15 is 0 Å². The van der Waals surface area contributed by atoms with E-state index in [1.807, 2.05) is 6.92 Å². The summed E-state index contributed by atoms with van der Waals surface area (Å²) in [6.45, 7) is 3.54. The second-order valence-corrected chi connectivity index (χ2v) is 7.61. The van der Waals surface area contributed by atoms with Crippen molar-refractivity contribution in [3.8, 4) is 0 Å². The number of nitrogens with zero attached hydrogens (tertiary/aromatic N) is 2. The molecule has 8 heteroatoms. The first-order chi connectivity index (χ1) is 13.8. The van der Waals surface area contributed by atoms with Crippen LogP contribution in [0.3, 0.4) is 0 Å². The summed E-state index contributed by atoms with van der Waals surface area (Å²) >= 11 is 0. The number of rotatable bonds is 4. The zero-order chi connectivity index (χ0) is 21.0. The molecule has 1 aromatic rings. The SMILES string of the molecule is CCCC(=O)N1CCCC[C@@H]1C(=O)N1CCO[C@H](c2ccc(C(F)(F)F)cc2)C1. The molecule has 2 atom stereocenters. The number of hydrogen-bond donors (Lipinski definition) is 0. The quantitative estimate of drug-likeness (QED) is 0.756. The van der Waals surface area contributed by atoms with E-state index in [2.05, 4.69) is 0 Å². The lowest BCUT2D eigenvalue weighted by Crippen LogP contribution is -2.55. The molecule has 5 nitrogen and oxygen atoms in total. The summed E-state index contributed by atoms with van der Waals surface area (Å²) in [5.41, 5.74) is -0.102. The molecule has 0 bridgehead atoms. The number of morpholine rings is 1. The van der Waals surface area contributed by atoms with E-state index < -0.39 is 23.9 Å². The highest BCUT2D eigenvalue weighted by Crippen LogP contribution is 2.31. The van der Waals surface area contributed by atoms with Gasteiger partial charge in [-0.1, -0.05) is 19.1 Å². The highest BCUT2D eigenvalue weighted by Gasteiger charge is 2.37. The Hall–Kier alpha value is -2.09. The molecular weight excluding hydrogens is 385 g/mol. The van der Waals surface area contributed by atoms with Crippen molar-refractivity contribution in [3.63, 3.8) is 0 Å². The summed E-state index contributed by atoms with van der Waals surface area (Å²) in [6.07, 6.45) is -1.24. The van der Waals surface area contributed by atoms with Crippen molar-refractivity contribution in [1.29, 1.82) is 0 Å². The molecule has 2 aliphatic heterocycles. The van der Waals surface area contributed by atoms with Gasteiger partial charge in [0.15, 0.2) is 0 Å². The van der Waals surface area contributed by atoms with Crippen molar-refractivity contribution in [2.24, 2.45) is 0 Å². The Kier molecular flexibility index (Phi) is 6.82. The van der Waals surface area contributed by atoms with E-state index in [9.17, 15) is 22.8 Å². The molecule has 2 fully saturated rings. The summed E-state index contributed by atoms with van der Waals surface area (Å²) in [6, 6.07) is 4.42. The smallest absolute Gasteiger partial charge is 0.370 e. The van der Waals surface area contributed by atoms with Crippen LogP contribution in [0.25, 0.3) is 0 Å². The average molecular weight is 412 g/mol. The molecule has 0 spiro atoms. The van der Waals surface area contributed by atoms with E-state index in [1.54, 1.807) is 9.80 Å². The molecule has 0 radical (unpaired) electrons. The molecule has 160 valence electrons. The number of likely N-dealkylation sites (tertiary alicyclic amines) is 1. The fourth-order valence-corrected chi connectivity index (χ4v) is 3.99. The Labute approximate surface area is 168 Å². The summed E-state index contributed by atoms with van der Waals surface area (Å²) in [5, 5.41) is 0. The molecule has 0 aliphatic carbocycles. The fraction of sp³-hybridized carbons (Fsp3) is 0.619. The van der Waals surface area contributed by atoms with Crippen LogP contribution in [-0.4, -0.2) is 53.9 Å². The van der Waals surface area contributed by atoms with Gasteiger partial charge in [-0.2, -0.15) is 13.2 Å². The molecule has 2 heterocycles. The number of ether oxygens (including phenoxy) is 1. The van der Waals surface area contributed by atoms with Crippen LogP contribution < -0.4 is 0 Å². The lowest BCUT2D eigenvalue weighted by molar-refractivity contribution is -0.152. The lowest BCUT2D eigenvalue weighted by atomic mass is 9.99. The number of carbonyl (C=O) groups excluding carboxylic acids is 2. The molecule has 2 saturated heterocycles. The maximum absolute atomic E-state index is 13.2. The molecule has 29 heavy (non-hydrogen) atoms. The summed E-state index contributed by atoms with van der Waals surface area (Å²) in [7, 11) is 0. The van der Waals surface area contributed by atoms with E-state index in [0.29, 0.717) is 38.1 Å². The Balaban J connectivity index is 1.69. The van der Waals surface area contributed by atoms with Gasteiger partial charge < -0.3 is 14.5 Å². The maximum atomic E-state index is 13.2. The summed E-state index contributed by atoms with van der Waals surface area (Å²) in [5.74, 6) is -0.0764. The van der Waals surface area contributed by atoms with Gasteiger partial charge in [0.05, 0.1) is 18.7 Å². The monoisotopic (exact) mass is 412 g/mol. The average Bonchev–Trinajstić information content (AvgIpc) is 2.73. The van der Waals surface area contributed by atoms with E-state index in [1.165, 1.54) is 12.1 Å². The largest absolute Gasteiger partial charge is 0.416 e. The molecule has 0 saturated carbocycles. The second-order valence-electron chi connectivity index (χ2n) is 7.61. The van der Waals surface area contributed by atoms with E-state index in [-0.39, 0.29) is 18.4 Å². The Bertz CT molecular complexity index is 721. The molecule has 0 unspecified atom stereocenters. The molecule has 0 N–H and O–H groups in total. The van der Waals surface area contributed by atoms with Crippen LogP contribution in [0.2, 0.25) is 0 Å². The van der Waals surface area contributed by atoms with Gasteiger partial charge in [0.2, 0.25) is 11.8 Å². The third-order valence-electron chi connectivity index (χ3n) is 5.56. The Morgan fingerprint density at radius 3 is 2.52 bits per heavy atom. The van der Waals surface area contributed by atoms with Gasteiger partial charge in [0, 0.05) is 19.5 Å². The zero-order valence-electron chi connectivity index (χ0n) is 16.6. The summed E-state index contributed by atoms with van der Waals surface area (Å²) < 4.78 is 44.0. The van der Waals surface area contributed by atoms with Gasteiger partial charge in [-0.3, -0.25) is 9.59 Å². The number of carbonyl (C=O) groups is 2. The number of benzene rings is 1. The third-order valence-corrected chi connectivity index (χ3v) is 5.56. The van der Waals surface area contributed by atoms with Gasteiger partial charge in [-0.25, -0.2) is 0 Å². The first-order valence-corrected chi connectivity index (χ1v) is 10.2. The maximum Gasteiger partial charge on any atom is 0.416 e. The van der Waals surface area contributed by atoms with Crippen LogP contribution >= 0.6 is 0 Å². The van der Waals surface area contributed by atoms with Crippen molar-refractivity contribution in [1.82, 2.24) is 9.80 Å². The number of halogens is 3. The highest BCUT2D eigenvalue weighted by molar-refractivity contribution is 5.88. The normalized spacial score (nSPS) is 23.2. The lowest BCUT2D eigenvalue weighted by Gasteiger charge is -2.40. The van der Waals surface area contributed by atoms with Crippen LogP contribution in [0.4, 0.5) is 13.2 Å². The molecule has 2 aliphatic rings.